The zero-order valence-electron chi connectivity index (χ0n) is 22.3. The molecule has 0 bridgehead atoms. The highest BCUT2D eigenvalue weighted by Crippen LogP contribution is 2.36. The maximum atomic E-state index is 14.2. The molecule has 0 atom stereocenters. The minimum atomic E-state index is -4.31. The maximum Gasteiger partial charge on any atom is 0.359 e. The van der Waals surface area contributed by atoms with Gasteiger partial charge in [0, 0.05) is 10.0 Å². The number of sulfone groups is 1. The first-order valence-electron chi connectivity index (χ1n) is 12.6. The molecular formula is C30H24BrN3O6S. The van der Waals surface area contributed by atoms with Crippen LogP contribution in [0, 0.1) is 13.8 Å². The zero-order valence-corrected chi connectivity index (χ0v) is 24.7. The van der Waals surface area contributed by atoms with Crippen molar-refractivity contribution in [2.24, 2.45) is 0 Å². The molecule has 2 aromatic heterocycles. The molecule has 2 heterocycles. The summed E-state index contributed by atoms with van der Waals surface area (Å²) in [5, 5.41) is 8.37. The number of nitrogens with zero attached hydrogens (tertiary/aromatic N) is 3. The topological polar surface area (TPSA) is 121 Å². The van der Waals surface area contributed by atoms with Crippen molar-refractivity contribution in [2.45, 2.75) is 30.6 Å². The molecule has 0 aliphatic rings. The molecule has 0 unspecified atom stereocenters. The van der Waals surface area contributed by atoms with E-state index in [1.54, 1.807) is 68.4 Å². The number of benzene rings is 3. The number of aryl methyl sites for hydroxylation is 1. The lowest BCUT2D eigenvalue weighted by Crippen LogP contribution is -2.15. The smallest absolute Gasteiger partial charge is 0.359 e. The van der Waals surface area contributed by atoms with Crippen molar-refractivity contribution in [3.05, 3.63) is 112 Å². The molecular weight excluding hydrogens is 610 g/mol. The number of esters is 1. The van der Waals surface area contributed by atoms with Crippen LogP contribution in [-0.4, -0.2) is 41.7 Å². The maximum absolute atomic E-state index is 14.2. The van der Waals surface area contributed by atoms with Crippen molar-refractivity contribution < 1.29 is 27.3 Å². The molecule has 5 rings (SSSR count). The quantitative estimate of drug-likeness (QED) is 0.147. The van der Waals surface area contributed by atoms with Gasteiger partial charge in [-0.15, -0.1) is 0 Å². The standard InChI is InChI=1S/C30H24BrN3O6S/c1-4-39-30(36)25-24(19(3)34(32-25)22-16-10-18(2)11-17-22)27(35)26-29(41(37,38)23-8-6-5-7-9-23)28(40-33-26)20-12-14-21(31)15-13-20/h5-17H,4H2,1-3H3. The largest absolute Gasteiger partial charge is 0.461 e. The lowest BCUT2D eigenvalue weighted by Gasteiger charge is -2.08. The molecule has 0 spiro atoms. The van der Waals surface area contributed by atoms with E-state index in [1.807, 2.05) is 19.1 Å². The molecule has 0 saturated heterocycles. The van der Waals surface area contributed by atoms with Gasteiger partial charge in [-0.05, 0) is 69.3 Å². The van der Waals surface area contributed by atoms with E-state index >= 15 is 0 Å². The summed E-state index contributed by atoms with van der Waals surface area (Å²) in [5.74, 6) is -1.77. The Bertz CT molecular complexity index is 1860. The van der Waals surface area contributed by atoms with Crippen molar-refractivity contribution in [3.8, 4) is 17.0 Å². The van der Waals surface area contributed by atoms with Gasteiger partial charge >= 0.3 is 5.97 Å². The normalized spacial score (nSPS) is 11.4. The van der Waals surface area contributed by atoms with Crippen molar-refractivity contribution >= 4 is 37.5 Å². The summed E-state index contributed by atoms with van der Waals surface area (Å²) in [6, 6.07) is 21.7. The summed E-state index contributed by atoms with van der Waals surface area (Å²) >= 11 is 3.37. The van der Waals surface area contributed by atoms with Gasteiger partial charge in [-0.3, -0.25) is 4.79 Å². The second-order valence-corrected chi connectivity index (χ2v) is 11.9. The summed E-state index contributed by atoms with van der Waals surface area (Å²) in [6.07, 6.45) is 0. The molecule has 0 saturated carbocycles. The molecule has 208 valence electrons. The predicted molar refractivity (Wildman–Crippen MR) is 154 cm³/mol. The Balaban J connectivity index is 1.75. The summed E-state index contributed by atoms with van der Waals surface area (Å²) in [4.78, 5) is 26.8. The molecule has 0 amide bonds. The number of hydrogen-bond donors (Lipinski definition) is 0. The van der Waals surface area contributed by atoms with E-state index in [2.05, 4.69) is 26.2 Å². The van der Waals surface area contributed by atoms with E-state index in [4.69, 9.17) is 9.26 Å². The molecule has 41 heavy (non-hydrogen) atoms. The van der Waals surface area contributed by atoms with Crippen molar-refractivity contribution in [1.82, 2.24) is 14.9 Å². The third-order valence-corrected chi connectivity index (χ3v) is 8.72. The Morgan fingerprint density at radius 1 is 0.927 bits per heavy atom. The van der Waals surface area contributed by atoms with E-state index in [0.717, 1.165) is 10.0 Å². The average Bonchev–Trinajstić information content (AvgIpc) is 3.57. The van der Waals surface area contributed by atoms with Crippen molar-refractivity contribution in [1.29, 1.82) is 0 Å². The van der Waals surface area contributed by atoms with Crippen LogP contribution < -0.4 is 0 Å². The summed E-state index contributed by atoms with van der Waals surface area (Å²) in [7, 11) is -4.31. The third-order valence-electron chi connectivity index (χ3n) is 6.38. The molecule has 3 aromatic carbocycles. The molecule has 9 nitrogen and oxygen atoms in total. The molecule has 0 aliphatic carbocycles. The van der Waals surface area contributed by atoms with Gasteiger partial charge in [-0.2, -0.15) is 5.10 Å². The second kappa shape index (κ2) is 11.3. The predicted octanol–water partition coefficient (Wildman–Crippen LogP) is 6.15. The Kier molecular flexibility index (Phi) is 7.74. The monoisotopic (exact) mass is 633 g/mol. The Morgan fingerprint density at radius 3 is 2.22 bits per heavy atom. The first-order valence-corrected chi connectivity index (χ1v) is 14.8. The molecule has 5 aromatic rings. The number of carbonyl (C=O) groups excluding carboxylic acids is 2. The number of rotatable bonds is 8. The molecule has 0 fully saturated rings. The number of halogens is 1. The van der Waals surface area contributed by atoms with Crippen molar-refractivity contribution in [3.63, 3.8) is 0 Å². The average molecular weight is 635 g/mol. The number of ketones is 1. The minimum Gasteiger partial charge on any atom is -0.461 e. The lowest BCUT2D eigenvalue weighted by molar-refractivity contribution is 0.0516. The van der Waals surface area contributed by atoms with Gasteiger partial charge < -0.3 is 9.26 Å². The van der Waals surface area contributed by atoms with Gasteiger partial charge in [0.1, 0.15) is 0 Å². The highest BCUT2D eigenvalue weighted by Gasteiger charge is 2.38. The molecule has 0 radical (unpaired) electrons. The van der Waals surface area contributed by atoms with E-state index in [9.17, 15) is 18.0 Å². The molecule has 11 heteroatoms. The zero-order chi connectivity index (χ0) is 29.3. The van der Waals surface area contributed by atoms with Crippen LogP contribution in [0.25, 0.3) is 17.0 Å². The Morgan fingerprint density at radius 2 is 1.59 bits per heavy atom. The van der Waals surface area contributed by atoms with Gasteiger partial charge in [0.05, 0.1) is 28.4 Å². The van der Waals surface area contributed by atoms with Crippen LogP contribution in [0.1, 0.15) is 44.7 Å². The fourth-order valence-corrected chi connectivity index (χ4v) is 6.15. The highest BCUT2D eigenvalue weighted by molar-refractivity contribution is 9.10. The van der Waals surface area contributed by atoms with E-state index < -0.39 is 32.2 Å². The lowest BCUT2D eigenvalue weighted by atomic mass is 10.0. The van der Waals surface area contributed by atoms with Gasteiger partial charge in [-0.25, -0.2) is 17.9 Å². The van der Waals surface area contributed by atoms with Gasteiger partial charge in [0.25, 0.3) is 0 Å². The summed E-state index contributed by atoms with van der Waals surface area (Å²) in [5.41, 5.74) is 1.45. The second-order valence-electron chi connectivity index (χ2n) is 9.12. The SMILES string of the molecule is CCOC(=O)c1nn(-c2ccc(C)cc2)c(C)c1C(=O)c1noc(-c2ccc(Br)cc2)c1S(=O)(=O)c1ccccc1. The van der Waals surface area contributed by atoms with Gasteiger partial charge in [0.15, 0.2) is 22.0 Å². The number of hydrogen-bond acceptors (Lipinski definition) is 8. The van der Waals surface area contributed by atoms with Gasteiger partial charge in [0.2, 0.25) is 15.6 Å². The molecule has 0 aliphatic heterocycles. The molecule has 0 N–H and O–H groups in total. The fraction of sp³-hybridized carbons (Fsp3) is 0.133. The number of aromatic nitrogens is 3. The third kappa shape index (κ3) is 5.25. The van der Waals surface area contributed by atoms with Crippen molar-refractivity contribution in [2.75, 3.05) is 6.61 Å². The van der Waals surface area contributed by atoms with Crippen LogP contribution in [-0.2, 0) is 14.6 Å². The summed E-state index contributed by atoms with van der Waals surface area (Å²) < 4.78 is 41.0. The number of ether oxygens (including phenoxy) is 1. The van der Waals surface area contributed by atoms with Crippen LogP contribution in [0.5, 0.6) is 0 Å². The van der Waals surface area contributed by atoms with Gasteiger partial charge in [-0.1, -0.05) is 57.0 Å². The summed E-state index contributed by atoms with van der Waals surface area (Å²) in [6.45, 7) is 5.23. The van der Waals surface area contributed by atoms with Crippen LogP contribution >= 0.6 is 15.9 Å². The fourth-order valence-electron chi connectivity index (χ4n) is 4.35. The van der Waals surface area contributed by atoms with Crippen LogP contribution in [0.2, 0.25) is 0 Å². The number of carbonyl (C=O) groups is 2. The highest BCUT2D eigenvalue weighted by atomic mass is 79.9. The van der Waals surface area contributed by atoms with E-state index in [1.165, 1.54) is 16.8 Å². The Hall–Kier alpha value is -4.35. The van der Waals surface area contributed by atoms with E-state index in [-0.39, 0.29) is 28.5 Å². The van der Waals surface area contributed by atoms with E-state index in [0.29, 0.717) is 16.9 Å². The van der Waals surface area contributed by atoms with Crippen LogP contribution in [0.15, 0.2) is 97.6 Å². The minimum absolute atomic E-state index is 0.0479. The van der Waals surface area contributed by atoms with Crippen LogP contribution in [0.3, 0.4) is 0 Å². The Labute approximate surface area is 244 Å². The first kappa shape index (κ1) is 28.2. The van der Waals surface area contributed by atoms with Crippen LogP contribution in [0.4, 0.5) is 0 Å². The first-order chi connectivity index (χ1) is 19.6.